The SMILES string of the molecule is CC(=O)C(=O)C(Cl)c1ccccc1Cl. The van der Waals surface area contributed by atoms with Crippen molar-refractivity contribution in [1.29, 1.82) is 0 Å². The number of hydrogen-bond donors (Lipinski definition) is 0. The minimum absolute atomic E-state index is 0.391. The van der Waals surface area contributed by atoms with Crippen LogP contribution >= 0.6 is 23.2 Å². The Kier molecular flexibility index (Phi) is 3.67. The van der Waals surface area contributed by atoms with Crippen LogP contribution in [0.15, 0.2) is 24.3 Å². The molecular weight excluding hydrogens is 223 g/mol. The molecule has 0 spiro atoms. The van der Waals surface area contributed by atoms with E-state index in [-0.39, 0.29) is 0 Å². The molecule has 1 rings (SSSR count). The molecule has 1 unspecified atom stereocenters. The van der Waals surface area contributed by atoms with Crippen molar-refractivity contribution in [1.82, 2.24) is 0 Å². The number of carbonyl (C=O) groups is 2. The fourth-order valence-corrected chi connectivity index (χ4v) is 1.64. The third-order valence-corrected chi connectivity index (χ3v) is 2.53. The van der Waals surface area contributed by atoms with Gasteiger partial charge in [0.1, 0.15) is 5.38 Å². The fourth-order valence-electron chi connectivity index (χ4n) is 1.00. The first-order valence-corrected chi connectivity index (χ1v) is 4.78. The van der Waals surface area contributed by atoms with Gasteiger partial charge in [0.2, 0.25) is 5.78 Å². The molecule has 0 N–H and O–H groups in total. The molecule has 0 bridgehead atoms. The van der Waals surface area contributed by atoms with E-state index in [1.807, 2.05) is 0 Å². The quantitative estimate of drug-likeness (QED) is 0.592. The van der Waals surface area contributed by atoms with Crippen molar-refractivity contribution >= 4 is 34.8 Å². The van der Waals surface area contributed by atoms with E-state index in [9.17, 15) is 9.59 Å². The van der Waals surface area contributed by atoms with Crippen molar-refractivity contribution in [3.8, 4) is 0 Å². The second-order valence-electron chi connectivity index (χ2n) is 2.80. The number of halogens is 2. The van der Waals surface area contributed by atoms with E-state index in [4.69, 9.17) is 23.2 Å². The molecule has 0 aromatic heterocycles. The Morgan fingerprint density at radius 3 is 2.36 bits per heavy atom. The summed E-state index contributed by atoms with van der Waals surface area (Å²) in [5, 5.41) is -0.594. The van der Waals surface area contributed by atoms with Crippen LogP contribution < -0.4 is 0 Å². The maximum Gasteiger partial charge on any atom is 0.220 e. The molecule has 0 fully saturated rings. The highest BCUT2D eigenvalue weighted by atomic mass is 35.5. The Morgan fingerprint density at radius 2 is 1.86 bits per heavy atom. The molecule has 74 valence electrons. The third-order valence-electron chi connectivity index (χ3n) is 1.76. The Labute approximate surface area is 91.8 Å². The topological polar surface area (TPSA) is 34.1 Å². The van der Waals surface area contributed by atoms with Gasteiger partial charge in [-0.15, -0.1) is 11.6 Å². The second kappa shape index (κ2) is 4.58. The van der Waals surface area contributed by atoms with Gasteiger partial charge in [-0.25, -0.2) is 0 Å². The second-order valence-corrected chi connectivity index (χ2v) is 3.65. The first-order chi connectivity index (χ1) is 6.54. The first-order valence-electron chi connectivity index (χ1n) is 3.97. The maximum absolute atomic E-state index is 11.3. The molecule has 0 saturated heterocycles. The summed E-state index contributed by atoms with van der Waals surface area (Å²) in [4.78, 5) is 22.0. The zero-order chi connectivity index (χ0) is 10.7. The Hall–Kier alpha value is -0.860. The molecule has 4 heteroatoms. The smallest absolute Gasteiger partial charge is 0.220 e. The molecule has 0 amide bonds. The van der Waals surface area contributed by atoms with Crippen LogP contribution in [-0.4, -0.2) is 11.6 Å². The normalized spacial score (nSPS) is 12.2. The maximum atomic E-state index is 11.3. The number of hydrogen-bond acceptors (Lipinski definition) is 2. The van der Waals surface area contributed by atoms with Gasteiger partial charge in [0.25, 0.3) is 0 Å². The summed E-state index contributed by atoms with van der Waals surface area (Å²) in [5.41, 5.74) is 0.469. The number of benzene rings is 1. The summed E-state index contributed by atoms with van der Waals surface area (Å²) < 4.78 is 0. The number of rotatable bonds is 3. The summed E-state index contributed by atoms with van der Waals surface area (Å²) in [6.07, 6.45) is 0. The van der Waals surface area contributed by atoms with Gasteiger partial charge in [-0.05, 0) is 11.6 Å². The highest BCUT2D eigenvalue weighted by Crippen LogP contribution is 2.28. The molecule has 2 nitrogen and oxygen atoms in total. The number of Topliss-reactive ketones (excluding diaryl/α,β-unsaturated/α-hetero) is 2. The highest BCUT2D eigenvalue weighted by Gasteiger charge is 2.23. The summed E-state index contributed by atoms with van der Waals surface area (Å²) in [5.74, 6) is -1.20. The molecule has 0 radical (unpaired) electrons. The minimum atomic E-state index is -0.985. The van der Waals surface area contributed by atoms with Gasteiger partial charge < -0.3 is 0 Å². The van der Waals surface area contributed by atoms with E-state index in [2.05, 4.69) is 0 Å². The van der Waals surface area contributed by atoms with Gasteiger partial charge in [-0.1, -0.05) is 29.8 Å². The predicted molar refractivity (Wildman–Crippen MR) is 55.7 cm³/mol. The number of ketones is 2. The lowest BCUT2D eigenvalue weighted by Crippen LogP contribution is -2.15. The molecule has 0 heterocycles. The summed E-state index contributed by atoms with van der Waals surface area (Å²) in [6, 6.07) is 6.69. The van der Waals surface area contributed by atoms with Crippen molar-refractivity contribution in [2.45, 2.75) is 12.3 Å². The van der Waals surface area contributed by atoms with E-state index < -0.39 is 16.9 Å². The lowest BCUT2D eigenvalue weighted by molar-refractivity contribution is -0.135. The first kappa shape index (κ1) is 11.2. The van der Waals surface area contributed by atoms with Crippen LogP contribution in [0.2, 0.25) is 5.02 Å². The van der Waals surface area contributed by atoms with Gasteiger partial charge >= 0.3 is 0 Å². The molecule has 1 aromatic rings. The third kappa shape index (κ3) is 2.34. The monoisotopic (exact) mass is 230 g/mol. The largest absolute Gasteiger partial charge is 0.291 e. The number of carbonyl (C=O) groups excluding carboxylic acids is 2. The van der Waals surface area contributed by atoms with Gasteiger partial charge in [0.15, 0.2) is 5.78 Å². The zero-order valence-corrected chi connectivity index (χ0v) is 8.97. The van der Waals surface area contributed by atoms with Crippen LogP contribution in [0.1, 0.15) is 17.9 Å². The highest BCUT2D eigenvalue weighted by molar-refractivity contribution is 6.49. The van der Waals surface area contributed by atoms with Crippen LogP contribution in [0.25, 0.3) is 0 Å². The Morgan fingerprint density at radius 1 is 1.29 bits per heavy atom. The van der Waals surface area contributed by atoms with Crippen LogP contribution in [0.3, 0.4) is 0 Å². The standard InChI is InChI=1S/C10H8Cl2O2/c1-6(13)10(14)9(12)7-4-2-3-5-8(7)11/h2-5,9H,1H3. The average molecular weight is 231 g/mol. The Bertz CT molecular complexity index is 374. The Balaban J connectivity index is 3.01. The molecule has 0 aliphatic carbocycles. The van der Waals surface area contributed by atoms with Crippen LogP contribution in [0, 0.1) is 0 Å². The van der Waals surface area contributed by atoms with Crippen LogP contribution in [-0.2, 0) is 9.59 Å². The van der Waals surface area contributed by atoms with Crippen molar-refractivity contribution in [3.05, 3.63) is 34.9 Å². The molecule has 1 aromatic carbocycles. The number of alkyl halides is 1. The molecule has 0 aliphatic rings. The van der Waals surface area contributed by atoms with E-state index in [1.165, 1.54) is 6.92 Å². The van der Waals surface area contributed by atoms with Crippen molar-refractivity contribution in [2.75, 3.05) is 0 Å². The lowest BCUT2D eigenvalue weighted by atomic mass is 10.1. The average Bonchev–Trinajstić information content (AvgIpc) is 2.16. The van der Waals surface area contributed by atoms with Crippen molar-refractivity contribution in [3.63, 3.8) is 0 Å². The molecule has 14 heavy (non-hydrogen) atoms. The fraction of sp³-hybridized carbons (Fsp3) is 0.200. The van der Waals surface area contributed by atoms with E-state index in [0.717, 1.165) is 0 Å². The van der Waals surface area contributed by atoms with Gasteiger partial charge in [-0.2, -0.15) is 0 Å². The van der Waals surface area contributed by atoms with Crippen molar-refractivity contribution in [2.24, 2.45) is 0 Å². The molecule has 1 atom stereocenters. The predicted octanol–water partition coefficient (Wildman–Crippen LogP) is 2.78. The van der Waals surface area contributed by atoms with Gasteiger partial charge in [0, 0.05) is 11.9 Å². The van der Waals surface area contributed by atoms with Crippen LogP contribution in [0.5, 0.6) is 0 Å². The van der Waals surface area contributed by atoms with E-state index in [0.29, 0.717) is 10.6 Å². The van der Waals surface area contributed by atoms with E-state index >= 15 is 0 Å². The molecular formula is C10H8Cl2O2. The van der Waals surface area contributed by atoms with Crippen LogP contribution in [0.4, 0.5) is 0 Å². The lowest BCUT2D eigenvalue weighted by Gasteiger charge is -2.07. The molecule has 0 aliphatic heterocycles. The zero-order valence-electron chi connectivity index (χ0n) is 7.46. The summed E-state index contributed by atoms with van der Waals surface area (Å²) >= 11 is 11.6. The summed E-state index contributed by atoms with van der Waals surface area (Å²) in [6.45, 7) is 1.19. The summed E-state index contributed by atoms with van der Waals surface area (Å²) in [7, 11) is 0. The minimum Gasteiger partial charge on any atom is -0.291 e. The van der Waals surface area contributed by atoms with Crippen molar-refractivity contribution < 1.29 is 9.59 Å². The van der Waals surface area contributed by atoms with E-state index in [1.54, 1.807) is 24.3 Å². The molecule has 0 saturated carbocycles. The van der Waals surface area contributed by atoms with Gasteiger partial charge in [-0.3, -0.25) is 9.59 Å². The van der Waals surface area contributed by atoms with Gasteiger partial charge in [0.05, 0.1) is 0 Å².